The standard InChI is InChI=1S/C7H8N4O/c1-11-6-5(10-7(11)12)4(8)2-3-9-6/h2-3H,1H3,(H2,8,9)(H,10,12). The van der Waals surface area contributed by atoms with Crippen molar-refractivity contribution in [2.45, 2.75) is 0 Å². The second-order valence-corrected chi connectivity index (χ2v) is 2.59. The number of H-pyrrole nitrogens is 1. The van der Waals surface area contributed by atoms with Crippen LogP contribution in [0.1, 0.15) is 0 Å². The molecule has 5 nitrogen and oxygen atoms in total. The van der Waals surface area contributed by atoms with Gasteiger partial charge < -0.3 is 10.7 Å². The molecule has 3 N–H and O–H groups in total. The monoisotopic (exact) mass is 164 g/mol. The van der Waals surface area contributed by atoms with E-state index in [0.717, 1.165) is 0 Å². The zero-order valence-corrected chi connectivity index (χ0v) is 6.53. The molecule has 0 spiro atoms. The van der Waals surface area contributed by atoms with Crippen molar-refractivity contribution in [1.29, 1.82) is 0 Å². The Balaban J connectivity index is 3.05. The van der Waals surface area contributed by atoms with Gasteiger partial charge in [-0.15, -0.1) is 0 Å². The van der Waals surface area contributed by atoms with Crippen LogP contribution in [0, 0.1) is 0 Å². The van der Waals surface area contributed by atoms with Crippen LogP contribution in [0.4, 0.5) is 5.69 Å². The number of imidazole rings is 1. The molecule has 2 rings (SSSR count). The lowest BCUT2D eigenvalue weighted by atomic mass is 10.4. The normalized spacial score (nSPS) is 10.8. The summed E-state index contributed by atoms with van der Waals surface area (Å²) in [5.41, 5.74) is 7.14. The molecule has 0 radical (unpaired) electrons. The van der Waals surface area contributed by atoms with Gasteiger partial charge in [-0.1, -0.05) is 0 Å². The van der Waals surface area contributed by atoms with Gasteiger partial charge in [-0.05, 0) is 6.07 Å². The number of anilines is 1. The Morgan fingerprint density at radius 3 is 3.08 bits per heavy atom. The highest BCUT2D eigenvalue weighted by Gasteiger charge is 2.05. The van der Waals surface area contributed by atoms with E-state index in [9.17, 15) is 4.79 Å². The summed E-state index contributed by atoms with van der Waals surface area (Å²) in [5, 5.41) is 0. The van der Waals surface area contributed by atoms with Crippen LogP contribution in [-0.4, -0.2) is 14.5 Å². The first-order valence-electron chi connectivity index (χ1n) is 3.49. The van der Waals surface area contributed by atoms with Gasteiger partial charge in [0.1, 0.15) is 5.52 Å². The molecule has 2 aromatic heterocycles. The Labute approximate surface area is 67.8 Å². The van der Waals surface area contributed by atoms with Crippen LogP contribution >= 0.6 is 0 Å². The molecule has 0 aliphatic carbocycles. The number of aromatic nitrogens is 3. The van der Waals surface area contributed by atoms with Gasteiger partial charge in [-0.25, -0.2) is 9.78 Å². The maximum absolute atomic E-state index is 11.1. The SMILES string of the molecule is Cn1c(=O)[nH]c2c(N)ccnc21. The maximum Gasteiger partial charge on any atom is 0.327 e. The summed E-state index contributed by atoms with van der Waals surface area (Å²) in [6, 6.07) is 1.65. The third kappa shape index (κ3) is 0.730. The Bertz CT molecular complexity index is 482. The van der Waals surface area contributed by atoms with Crippen molar-refractivity contribution in [3.8, 4) is 0 Å². The molecule has 2 aromatic rings. The van der Waals surface area contributed by atoms with Crippen LogP contribution < -0.4 is 11.4 Å². The van der Waals surface area contributed by atoms with E-state index in [1.807, 2.05) is 0 Å². The number of nitrogen functional groups attached to an aromatic ring is 1. The molecule has 0 saturated carbocycles. The van der Waals surface area contributed by atoms with Crippen LogP contribution in [0.25, 0.3) is 11.2 Å². The molecular weight excluding hydrogens is 156 g/mol. The number of aromatic amines is 1. The molecule has 0 aromatic carbocycles. The number of rotatable bonds is 0. The number of aryl methyl sites for hydroxylation is 1. The van der Waals surface area contributed by atoms with Gasteiger partial charge >= 0.3 is 5.69 Å². The fourth-order valence-electron chi connectivity index (χ4n) is 1.13. The van der Waals surface area contributed by atoms with Crippen LogP contribution in [0.3, 0.4) is 0 Å². The van der Waals surface area contributed by atoms with Gasteiger partial charge in [0.2, 0.25) is 0 Å². The molecule has 0 unspecified atom stereocenters. The zero-order chi connectivity index (χ0) is 8.72. The molecule has 0 atom stereocenters. The summed E-state index contributed by atoms with van der Waals surface area (Å²) in [7, 11) is 1.65. The molecule has 0 saturated heterocycles. The second-order valence-electron chi connectivity index (χ2n) is 2.59. The van der Waals surface area contributed by atoms with Gasteiger partial charge in [0.15, 0.2) is 5.65 Å². The molecular formula is C7H8N4O. The highest BCUT2D eigenvalue weighted by molar-refractivity contribution is 5.83. The lowest BCUT2D eigenvalue weighted by molar-refractivity contribution is 0.879. The largest absolute Gasteiger partial charge is 0.397 e. The summed E-state index contributed by atoms with van der Waals surface area (Å²) in [6.07, 6.45) is 1.57. The quantitative estimate of drug-likeness (QED) is 0.568. The average Bonchev–Trinajstić information content (AvgIpc) is 2.32. The lowest BCUT2D eigenvalue weighted by Gasteiger charge is -1.93. The number of pyridine rings is 1. The molecule has 0 bridgehead atoms. The molecule has 0 amide bonds. The highest BCUT2D eigenvalue weighted by atomic mass is 16.1. The molecule has 0 aliphatic heterocycles. The van der Waals surface area contributed by atoms with Crippen molar-refractivity contribution in [2.24, 2.45) is 7.05 Å². The minimum atomic E-state index is -0.199. The van der Waals surface area contributed by atoms with E-state index in [1.54, 1.807) is 19.3 Å². The van der Waals surface area contributed by atoms with Crippen molar-refractivity contribution in [3.63, 3.8) is 0 Å². The van der Waals surface area contributed by atoms with Crippen molar-refractivity contribution < 1.29 is 0 Å². The smallest absolute Gasteiger partial charge is 0.327 e. The molecule has 12 heavy (non-hydrogen) atoms. The minimum Gasteiger partial charge on any atom is -0.397 e. The third-order valence-electron chi connectivity index (χ3n) is 1.82. The fraction of sp³-hybridized carbons (Fsp3) is 0.143. The van der Waals surface area contributed by atoms with E-state index < -0.39 is 0 Å². The van der Waals surface area contributed by atoms with E-state index in [-0.39, 0.29) is 5.69 Å². The Morgan fingerprint density at radius 1 is 1.67 bits per heavy atom. The number of hydrogen-bond acceptors (Lipinski definition) is 3. The second kappa shape index (κ2) is 2.10. The number of nitrogens with zero attached hydrogens (tertiary/aromatic N) is 2. The highest BCUT2D eigenvalue weighted by Crippen LogP contribution is 2.12. The first-order valence-corrected chi connectivity index (χ1v) is 3.49. The Morgan fingerprint density at radius 2 is 2.42 bits per heavy atom. The number of nitrogens with two attached hydrogens (primary N) is 1. The molecule has 5 heteroatoms. The van der Waals surface area contributed by atoms with Gasteiger partial charge in [0.05, 0.1) is 5.69 Å². The summed E-state index contributed by atoms with van der Waals surface area (Å²) in [6.45, 7) is 0. The summed E-state index contributed by atoms with van der Waals surface area (Å²) < 4.78 is 1.42. The Hall–Kier alpha value is -1.78. The van der Waals surface area contributed by atoms with Gasteiger partial charge in [-0.2, -0.15) is 0 Å². The summed E-state index contributed by atoms with van der Waals surface area (Å²) in [4.78, 5) is 17.7. The number of fused-ring (bicyclic) bond motifs is 1. The van der Waals surface area contributed by atoms with Crippen molar-refractivity contribution in [1.82, 2.24) is 14.5 Å². The predicted molar refractivity (Wildman–Crippen MR) is 45.7 cm³/mol. The zero-order valence-electron chi connectivity index (χ0n) is 6.53. The lowest BCUT2D eigenvalue weighted by Crippen LogP contribution is -2.12. The fourth-order valence-corrected chi connectivity index (χ4v) is 1.13. The average molecular weight is 164 g/mol. The van der Waals surface area contributed by atoms with Crippen LogP contribution in [0.2, 0.25) is 0 Å². The van der Waals surface area contributed by atoms with Crippen LogP contribution in [0.15, 0.2) is 17.1 Å². The van der Waals surface area contributed by atoms with E-state index in [1.165, 1.54) is 4.57 Å². The van der Waals surface area contributed by atoms with E-state index in [0.29, 0.717) is 16.9 Å². The van der Waals surface area contributed by atoms with Crippen molar-refractivity contribution in [3.05, 3.63) is 22.7 Å². The molecule has 0 aliphatic rings. The van der Waals surface area contributed by atoms with Crippen LogP contribution in [-0.2, 0) is 7.05 Å². The molecule has 2 heterocycles. The first-order chi connectivity index (χ1) is 5.70. The van der Waals surface area contributed by atoms with E-state index >= 15 is 0 Å². The van der Waals surface area contributed by atoms with Gasteiger partial charge in [-0.3, -0.25) is 4.57 Å². The molecule has 62 valence electrons. The van der Waals surface area contributed by atoms with E-state index in [4.69, 9.17) is 5.73 Å². The molecule has 0 fully saturated rings. The third-order valence-corrected chi connectivity index (χ3v) is 1.82. The number of nitrogens with one attached hydrogen (secondary N) is 1. The topological polar surface area (TPSA) is 76.7 Å². The minimum absolute atomic E-state index is 0.199. The number of hydrogen-bond donors (Lipinski definition) is 2. The van der Waals surface area contributed by atoms with E-state index in [2.05, 4.69) is 9.97 Å². The van der Waals surface area contributed by atoms with Gasteiger partial charge in [0.25, 0.3) is 0 Å². The van der Waals surface area contributed by atoms with Crippen molar-refractivity contribution in [2.75, 3.05) is 5.73 Å². The predicted octanol–water partition coefficient (Wildman–Crippen LogP) is -0.156. The van der Waals surface area contributed by atoms with Gasteiger partial charge in [0, 0.05) is 13.2 Å². The van der Waals surface area contributed by atoms with Crippen molar-refractivity contribution >= 4 is 16.9 Å². The summed E-state index contributed by atoms with van der Waals surface area (Å²) in [5.74, 6) is 0. The van der Waals surface area contributed by atoms with Crippen LogP contribution in [0.5, 0.6) is 0 Å². The maximum atomic E-state index is 11.1. The Kier molecular flexibility index (Phi) is 1.21. The summed E-state index contributed by atoms with van der Waals surface area (Å²) >= 11 is 0. The first kappa shape index (κ1) is 6.90.